The van der Waals surface area contributed by atoms with E-state index in [0.29, 0.717) is 11.3 Å². The molecule has 62 valence electrons. The van der Waals surface area contributed by atoms with Crippen molar-refractivity contribution in [2.75, 3.05) is 5.73 Å². The Morgan fingerprint density at radius 2 is 2.00 bits per heavy atom. The molecule has 0 aromatic heterocycles. The summed E-state index contributed by atoms with van der Waals surface area (Å²) in [6.07, 6.45) is 1.10. The highest BCUT2D eigenvalue weighted by molar-refractivity contribution is 5.90. The number of benzene rings is 1. The van der Waals surface area contributed by atoms with E-state index in [1.54, 1.807) is 24.3 Å². The average Bonchev–Trinajstić information content (AvgIpc) is 2.06. The third kappa shape index (κ3) is 1.85. The molecule has 0 heterocycles. The second-order valence-electron chi connectivity index (χ2n) is 2.19. The van der Waals surface area contributed by atoms with Crippen molar-refractivity contribution in [1.29, 1.82) is 0 Å². The van der Waals surface area contributed by atoms with Gasteiger partial charge in [-0.05, 0) is 24.3 Å². The summed E-state index contributed by atoms with van der Waals surface area (Å²) in [5.41, 5.74) is 6.51. The molecule has 0 saturated carbocycles. The molecule has 0 unspecified atom stereocenters. The van der Waals surface area contributed by atoms with Crippen LogP contribution >= 0.6 is 0 Å². The van der Waals surface area contributed by atoms with Gasteiger partial charge in [0.1, 0.15) is 0 Å². The number of anilines is 1. The smallest absolute Gasteiger partial charge is 0.342 e. The van der Waals surface area contributed by atoms with E-state index in [4.69, 9.17) is 5.73 Å². The lowest BCUT2D eigenvalue weighted by Gasteiger charge is -1.98. The Hall–Kier alpha value is -1.77. The minimum absolute atomic E-state index is 0.426. The number of ether oxygens (including phenoxy) is 1. The van der Waals surface area contributed by atoms with Gasteiger partial charge >= 0.3 is 5.97 Å². The minimum Gasteiger partial charge on any atom is -0.432 e. The van der Waals surface area contributed by atoms with Gasteiger partial charge in [0.15, 0.2) is 0 Å². The van der Waals surface area contributed by atoms with Crippen LogP contribution in [0.15, 0.2) is 37.1 Å². The van der Waals surface area contributed by atoms with Crippen LogP contribution in [0.1, 0.15) is 10.4 Å². The van der Waals surface area contributed by atoms with Crippen LogP contribution < -0.4 is 5.73 Å². The maximum atomic E-state index is 11.0. The molecule has 2 N–H and O–H groups in total. The van der Waals surface area contributed by atoms with Crippen LogP contribution in [-0.4, -0.2) is 5.97 Å². The number of esters is 1. The van der Waals surface area contributed by atoms with Crippen LogP contribution in [0.2, 0.25) is 0 Å². The van der Waals surface area contributed by atoms with Gasteiger partial charge in [0, 0.05) is 5.69 Å². The molecule has 12 heavy (non-hydrogen) atoms. The number of rotatable bonds is 2. The average molecular weight is 163 g/mol. The molecule has 0 aliphatic rings. The number of carbonyl (C=O) groups is 1. The molecule has 0 aliphatic carbocycles. The first-order valence-electron chi connectivity index (χ1n) is 3.41. The standard InChI is InChI=1S/C9H9NO2/c1-2-12-9(11)7-3-5-8(10)6-4-7/h2-6H,1,10H2. The Morgan fingerprint density at radius 1 is 1.42 bits per heavy atom. The van der Waals surface area contributed by atoms with Crippen LogP contribution in [0.4, 0.5) is 5.69 Å². The molecule has 1 aromatic carbocycles. The molecule has 1 aromatic rings. The third-order valence-electron chi connectivity index (χ3n) is 1.34. The topological polar surface area (TPSA) is 52.3 Å². The van der Waals surface area contributed by atoms with E-state index in [0.717, 1.165) is 6.26 Å². The lowest BCUT2D eigenvalue weighted by molar-refractivity contribution is 0.0664. The highest BCUT2D eigenvalue weighted by Gasteiger charge is 2.03. The van der Waals surface area contributed by atoms with Gasteiger partial charge in [0.2, 0.25) is 0 Å². The van der Waals surface area contributed by atoms with Gasteiger partial charge < -0.3 is 10.5 Å². The Kier molecular flexibility index (Phi) is 2.48. The summed E-state index contributed by atoms with van der Waals surface area (Å²) >= 11 is 0. The Bertz CT molecular complexity index is 290. The highest BCUT2D eigenvalue weighted by atomic mass is 16.5. The van der Waals surface area contributed by atoms with E-state index in [9.17, 15) is 4.79 Å². The van der Waals surface area contributed by atoms with Gasteiger partial charge in [-0.1, -0.05) is 6.58 Å². The molecule has 0 atom stereocenters. The lowest BCUT2D eigenvalue weighted by atomic mass is 10.2. The summed E-state index contributed by atoms with van der Waals surface area (Å²) in [4.78, 5) is 11.0. The molecule has 0 aliphatic heterocycles. The number of carbonyl (C=O) groups excluding carboxylic acids is 1. The molecule has 0 fully saturated rings. The molecular weight excluding hydrogens is 154 g/mol. The molecular formula is C9H9NO2. The van der Waals surface area contributed by atoms with Crippen molar-refractivity contribution in [3.05, 3.63) is 42.7 Å². The summed E-state index contributed by atoms with van der Waals surface area (Å²) < 4.78 is 4.55. The van der Waals surface area contributed by atoms with E-state index in [1.165, 1.54) is 0 Å². The highest BCUT2D eigenvalue weighted by Crippen LogP contribution is 2.06. The van der Waals surface area contributed by atoms with Crippen molar-refractivity contribution in [1.82, 2.24) is 0 Å². The van der Waals surface area contributed by atoms with E-state index in [1.807, 2.05) is 0 Å². The molecule has 3 nitrogen and oxygen atoms in total. The zero-order chi connectivity index (χ0) is 8.97. The number of hydrogen-bond donors (Lipinski definition) is 1. The van der Waals surface area contributed by atoms with Gasteiger partial charge in [-0.25, -0.2) is 4.79 Å². The fourth-order valence-electron chi connectivity index (χ4n) is 0.763. The zero-order valence-corrected chi connectivity index (χ0v) is 6.49. The molecule has 3 heteroatoms. The first-order valence-corrected chi connectivity index (χ1v) is 3.41. The van der Waals surface area contributed by atoms with Crippen LogP contribution in [0.3, 0.4) is 0 Å². The number of hydrogen-bond acceptors (Lipinski definition) is 3. The summed E-state index contributed by atoms with van der Waals surface area (Å²) in [5, 5.41) is 0. The number of nitrogens with two attached hydrogens (primary N) is 1. The lowest BCUT2D eigenvalue weighted by Crippen LogP contribution is -1.99. The van der Waals surface area contributed by atoms with Crippen molar-refractivity contribution in [3.63, 3.8) is 0 Å². The Balaban J connectivity index is 2.82. The summed E-state index contributed by atoms with van der Waals surface area (Å²) in [7, 11) is 0. The first kappa shape index (κ1) is 8.33. The van der Waals surface area contributed by atoms with Crippen LogP contribution in [0.5, 0.6) is 0 Å². The largest absolute Gasteiger partial charge is 0.432 e. The second-order valence-corrected chi connectivity index (χ2v) is 2.19. The molecule has 0 spiro atoms. The van der Waals surface area contributed by atoms with Gasteiger partial charge in [-0.15, -0.1) is 0 Å². The SMILES string of the molecule is C=COC(=O)c1ccc(N)cc1. The monoisotopic (exact) mass is 163 g/mol. The van der Waals surface area contributed by atoms with Crippen molar-refractivity contribution in [2.45, 2.75) is 0 Å². The van der Waals surface area contributed by atoms with Gasteiger partial charge in [-0.2, -0.15) is 0 Å². The molecule has 1 rings (SSSR count). The molecule has 0 radical (unpaired) electrons. The normalized spacial score (nSPS) is 9.00. The van der Waals surface area contributed by atoms with E-state index >= 15 is 0 Å². The van der Waals surface area contributed by atoms with Gasteiger partial charge in [0.25, 0.3) is 0 Å². The van der Waals surface area contributed by atoms with Crippen LogP contribution in [0.25, 0.3) is 0 Å². The maximum absolute atomic E-state index is 11.0. The van der Waals surface area contributed by atoms with Crippen molar-refractivity contribution in [2.24, 2.45) is 0 Å². The van der Waals surface area contributed by atoms with E-state index < -0.39 is 5.97 Å². The summed E-state index contributed by atoms with van der Waals surface area (Å²) in [5.74, 6) is -0.426. The zero-order valence-electron chi connectivity index (χ0n) is 6.49. The van der Waals surface area contributed by atoms with E-state index in [2.05, 4.69) is 11.3 Å². The second kappa shape index (κ2) is 3.57. The molecule has 0 bridgehead atoms. The summed E-state index contributed by atoms with van der Waals surface area (Å²) in [6, 6.07) is 6.47. The fourth-order valence-corrected chi connectivity index (χ4v) is 0.763. The van der Waals surface area contributed by atoms with Crippen molar-refractivity contribution >= 4 is 11.7 Å². The minimum atomic E-state index is -0.426. The van der Waals surface area contributed by atoms with Gasteiger partial charge in [-0.3, -0.25) is 0 Å². The third-order valence-corrected chi connectivity index (χ3v) is 1.34. The van der Waals surface area contributed by atoms with E-state index in [-0.39, 0.29) is 0 Å². The molecule has 0 saturated heterocycles. The van der Waals surface area contributed by atoms with Crippen LogP contribution in [0, 0.1) is 0 Å². The number of nitrogen functional groups attached to an aromatic ring is 1. The Morgan fingerprint density at radius 3 is 2.50 bits per heavy atom. The predicted molar refractivity (Wildman–Crippen MR) is 46.5 cm³/mol. The van der Waals surface area contributed by atoms with Crippen LogP contribution in [-0.2, 0) is 4.74 Å². The fraction of sp³-hybridized carbons (Fsp3) is 0. The maximum Gasteiger partial charge on any atom is 0.342 e. The predicted octanol–water partition coefficient (Wildman–Crippen LogP) is 1.57. The van der Waals surface area contributed by atoms with Crippen molar-refractivity contribution in [3.8, 4) is 0 Å². The Labute approximate surface area is 70.5 Å². The quantitative estimate of drug-likeness (QED) is 0.409. The summed E-state index contributed by atoms with van der Waals surface area (Å²) in [6.45, 7) is 3.28. The molecule has 0 amide bonds. The van der Waals surface area contributed by atoms with Crippen molar-refractivity contribution < 1.29 is 9.53 Å². The first-order chi connectivity index (χ1) is 5.74. The van der Waals surface area contributed by atoms with Gasteiger partial charge in [0.05, 0.1) is 11.8 Å².